The zero-order valence-corrected chi connectivity index (χ0v) is 11.4. The summed E-state index contributed by atoms with van der Waals surface area (Å²) in [5.41, 5.74) is 5.37. The number of oxime groups is 1. The first-order chi connectivity index (χ1) is 9.56. The first-order valence-electron chi connectivity index (χ1n) is 6.78. The molecule has 1 saturated heterocycles. The van der Waals surface area contributed by atoms with Crippen LogP contribution in [0.15, 0.2) is 17.3 Å². The third-order valence-corrected chi connectivity index (χ3v) is 3.72. The number of hydrogen-bond donors (Lipinski definition) is 2. The maximum absolute atomic E-state index is 14.1. The van der Waals surface area contributed by atoms with Crippen molar-refractivity contribution in [3.8, 4) is 0 Å². The molecule has 110 valence electrons. The summed E-state index contributed by atoms with van der Waals surface area (Å²) in [6.07, 6.45) is 3.10. The monoisotopic (exact) mass is 283 g/mol. The quantitative estimate of drug-likeness (QED) is 0.386. The number of benzene rings is 1. The molecule has 1 heterocycles. The van der Waals surface area contributed by atoms with Gasteiger partial charge in [-0.25, -0.2) is 8.78 Å². The van der Waals surface area contributed by atoms with E-state index in [2.05, 4.69) is 12.1 Å². The van der Waals surface area contributed by atoms with E-state index in [4.69, 9.17) is 10.9 Å². The van der Waals surface area contributed by atoms with E-state index < -0.39 is 11.6 Å². The molecule has 1 aromatic rings. The summed E-state index contributed by atoms with van der Waals surface area (Å²) in [4.78, 5) is 1.74. The second-order valence-electron chi connectivity index (χ2n) is 5.16. The van der Waals surface area contributed by atoms with Crippen LogP contribution in [0.25, 0.3) is 0 Å². The second-order valence-corrected chi connectivity index (χ2v) is 5.16. The van der Waals surface area contributed by atoms with Crippen LogP contribution in [0, 0.1) is 17.6 Å². The van der Waals surface area contributed by atoms with E-state index in [1.807, 2.05) is 0 Å². The lowest BCUT2D eigenvalue weighted by atomic mass is 10.0. The Hall–Kier alpha value is -1.85. The summed E-state index contributed by atoms with van der Waals surface area (Å²) in [5.74, 6) is -1.17. The van der Waals surface area contributed by atoms with Gasteiger partial charge in [0.15, 0.2) is 5.84 Å². The molecule has 1 unspecified atom stereocenters. The van der Waals surface area contributed by atoms with Crippen LogP contribution < -0.4 is 10.6 Å². The van der Waals surface area contributed by atoms with Crippen LogP contribution in [0.3, 0.4) is 0 Å². The van der Waals surface area contributed by atoms with Crippen LogP contribution in [0.1, 0.15) is 31.7 Å². The number of halogens is 2. The fourth-order valence-electron chi connectivity index (χ4n) is 2.75. The highest BCUT2D eigenvalue weighted by Gasteiger charge is 2.26. The minimum absolute atomic E-state index is 0.0157. The molecular formula is C14H19F2N3O. The van der Waals surface area contributed by atoms with E-state index in [1.54, 1.807) is 4.90 Å². The SMILES string of the molecule is CCCC1CCN(c2c(F)cc(C(N)=NO)cc2F)C1. The van der Waals surface area contributed by atoms with Gasteiger partial charge >= 0.3 is 0 Å². The largest absolute Gasteiger partial charge is 0.409 e. The fourth-order valence-corrected chi connectivity index (χ4v) is 2.75. The van der Waals surface area contributed by atoms with Gasteiger partial charge in [0.25, 0.3) is 0 Å². The molecule has 0 saturated carbocycles. The summed E-state index contributed by atoms with van der Waals surface area (Å²) >= 11 is 0. The lowest BCUT2D eigenvalue weighted by Crippen LogP contribution is -2.23. The van der Waals surface area contributed by atoms with Gasteiger partial charge in [0.2, 0.25) is 0 Å². The molecule has 2 rings (SSSR count). The Labute approximate surface area is 116 Å². The predicted molar refractivity (Wildman–Crippen MR) is 74.1 cm³/mol. The zero-order valence-electron chi connectivity index (χ0n) is 11.4. The van der Waals surface area contributed by atoms with E-state index in [0.717, 1.165) is 31.4 Å². The Morgan fingerprint density at radius 3 is 2.65 bits per heavy atom. The molecular weight excluding hydrogens is 264 g/mol. The van der Waals surface area contributed by atoms with Crippen LogP contribution in [0.5, 0.6) is 0 Å². The number of nitrogens with zero attached hydrogens (tertiary/aromatic N) is 2. The number of nitrogens with two attached hydrogens (primary N) is 1. The lowest BCUT2D eigenvalue weighted by molar-refractivity contribution is 0.318. The van der Waals surface area contributed by atoms with Gasteiger partial charge in [-0.2, -0.15) is 0 Å². The van der Waals surface area contributed by atoms with E-state index >= 15 is 0 Å². The van der Waals surface area contributed by atoms with E-state index in [9.17, 15) is 8.78 Å². The minimum Gasteiger partial charge on any atom is -0.409 e. The van der Waals surface area contributed by atoms with Crippen molar-refractivity contribution in [3.63, 3.8) is 0 Å². The van der Waals surface area contributed by atoms with Crippen LogP contribution in [0.2, 0.25) is 0 Å². The molecule has 0 amide bonds. The number of anilines is 1. The van der Waals surface area contributed by atoms with Gasteiger partial charge < -0.3 is 15.8 Å². The van der Waals surface area contributed by atoms with Gasteiger partial charge in [-0.3, -0.25) is 0 Å². The summed E-state index contributed by atoms with van der Waals surface area (Å²) in [6, 6.07) is 2.20. The minimum atomic E-state index is -0.677. The summed E-state index contributed by atoms with van der Waals surface area (Å²) in [6.45, 7) is 3.43. The smallest absolute Gasteiger partial charge is 0.170 e. The lowest BCUT2D eigenvalue weighted by Gasteiger charge is -2.20. The van der Waals surface area contributed by atoms with Crippen LogP contribution >= 0.6 is 0 Å². The van der Waals surface area contributed by atoms with Crippen molar-refractivity contribution < 1.29 is 14.0 Å². The average Bonchev–Trinajstić information content (AvgIpc) is 2.85. The molecule has 1 aromatic carbocycles. The molecule has 0 aromatic heterocycles. The Bertz CT molecular complexity index is 496. The van der Waals surface area contributed by atoms with E-state index in [-0.39, 0.29) is 17.1 Å². The van der Waals surface area contributed by atoms with Crippen LogP contribution in [0.4, 0.5) is 14.5 Å². The number of amidine groups is 1. The average molecular weight is 283 g/mol. The molecule has 20 heavy (non-hydrogen) atoms. The molecule has 0 spiro atoms. The number of hydrogen-bond acceptors (Lipinski definition) is 3. The van der Waals surface area contributed by atoms with E-state index in [1.165, 1.54) is 0 Å². The van der Waals surface area contributed by atoms with Crippen molar-refractivity contribution in [2.45, 2.75) is 26.2 Å². The van der Waals surface area contributed by atoms with Crippen molar-refractivity contribution in [1.29, 1.82) is 0 Å². The molecule has 3 N–H and O–H groups in total. The van der Waals surface area contributed by atoms with E-state index in [0.29, 0.717) is 19.0 Å². The van der Waals surface area contributed by atoms with Crippen molar-refractivity contribution >= 4 is 11.5 Å². The third-order valence-electron chi connectivity index (χ3n) is 3.72. The van der Waals surface area contributed by atoms with Gasteiger partial charge in [-0.05, 0) is 30.9 Å². The van der Waals surface area contributed by atoms with Gasteiger partial charge in [-0.1, -0.05) is 18.5 Å². The first kappa shape index (κ1) is 14.6. The Morgan fingerprint density at radius 2 is 2.10 bits per heavy atom. The molecule has 1 atom stereocenters. The molecule has 0 radical (unpaired) electrons. The molecule has 6 heteroatoms. The Kier molecular flexibility index (Phi) is 4.42. The normalized spacial score (nSPS) is 19.6. The third kappa shape index (κ3) is 2.84. The highest BCUT2D eigenvalue weighted by molar-refractivity contribution is 5.97. The highest BCUT2D eigenvalue weighted by atomic mass is 19.1. The topological polar surface area (TPSA) is 61.8 Å². The van der Waals surface area contributed by atoms with Crippen molar-refractivity contribution in [2.75, 3.05) is 18.0 Å². The fraction of sp³-hybridized carbons (Fsp3) is 0.500. The first-order valence-corrected chi connectivity index (χ1v) is 6.78. The van der Waals surface area contributed by atoms with Gasteiger partial charge in [0, 0.05) is 18.7 Å². The van der Waals surface area contributed by atoms with Crippen molar-refractivity contribution in [3.05, 3.63) is 29.3 Å². The molecule has 4 nitrogen and oxygen atoms in total. The van der Waals surface area contributed by atoms with Gasteiger partial charge in [-0.15, -0.1) is 0 Å². The second kappa shape index (κ2) is 6.07. The standard InChI is InChI=1S/C14H19F2N3O/c1-2-3-9-4-5-19(8-9)13-11(15)6-10(7-12(13)16)14(17)18-20/h6-7,9,20H,2-5,8H2,1H3,(H2,17,18). The Morgan fingerprint density at radius 1 is 1.45 bits per heavy atom. The molecule has 1 aliphatic heterocycles. The van der Waals surface area contributed by atoms with Gasteiger partial charge in [0.05, 0.1) is 0 Å². The summed E-state index contributed by atoms with van der Waals surface area (Å²) in [7, 11) is 0. The van der Waals surface area contributed by atoms with Crippen LogP contribution in [-0.2, 0) is 0 Å². The maximum Gasteiger partial charge on any atom is 0.170 e. The highest BCUT2D eigenvalue weighted by Crippen LogP contribution is 2.31. The molecule has 1 fully saturated rings. The number of rotatable bonds is 4. The molecule has 0 aliphatic carbocycles. The molecule has 0 bridgehead atoms. The maximum atomic E-state index is 14.1. The summed E-state index contributed by atoms with van der Waals surface area (Å²) in [5, 5.41) is 11.3. The van der Waals surface area contributed by atoms with Crippen LogP contribution in [-0.4, -0.2) is 24.1 Å². The van der Waals surface area contributed by atoms with Crippen molar-refractivity contribution in [1.82, 2.24) is 0 Å². The zero-order chi connectivity index (χ0) is 14.7. The Balaban J connectivity index is 2.25. The van der Waals surface area contributed by atoms with Gasteiger partial charge in [0.1, 0.15) is 17.3 Å². The van der Waals surface area contributed by atoms with Crippen molar-refractivity contribution in [2.24, 2.45) is 16.8 Å². The summed E-state index contributed by atoms with van der Waals surface area (Å²) < 4.78 is 28.2. The molecule has 1 aliphatic rings. The predicted octanol–water partition coefficient (Wildman–Crippen LogP) is 2.69.